The molecule has 2 aromatic carbocycles. The van der Waals surface area contributed by atoms with Gasteiger partial charge in [0.1, 0.15) is 6.04 Å². The van der Waals surface area contributed by atoms with E-state index in [2.05, 4.69) is 12.2 Å². The fourth-order valence-electron chi connectivity index (χ4n) is 3.19. The van der Waals surface area contributed by atoms with E-state index in [4.69, 9.17) is 0 Å². The molecule has 0 aliphatic carbocycles. The first-order valence-corrected chi connectivity index (χ1v) is 8.19. The van der Waals surface area contributed by atoms with Crippen molar-refractivity contribution in [2.45, 2.75) is 37.7 Å². The molecule has 3 unspecified atom stereocenters. The smallest absolute Gasteiger partial charge is 0.244 e. The van der Waals surface area contributed by atoms with Gasteiger partial charge in [-0.25, -0.2) is 0 Å². The summed E-state index contributed by atoms with van der Waals surface area (Å²) in [5.74, 6) is -0.111. The summed E-state index contributed by atoms with van der Waals surface area (Å²) in [5.41, 5.74) is 0.632. The number of benzene rings is 2. The van der Waals surface area contributed by atoms with Gasteiger partial charge in [-0.2, -0.15) is 0 Å². The fraction of sp³-hybridized carbons (Fsp3) is 0.300. The van der Waals surface area contributed by atoms with Gasteiger partial charge in [0.05, 0.1) is 11.8 Å². The highest BCUT2D eigenvalue weighted by molar-refractivity contribution is 5.86. The first kappa shape index (κ1) is 16.7. The average molecular weight is 323 g/mol. The minimum Gasteiger partial charge on any atom is -0.387 e. The molecule has 4 heteroatoms. The Balaban J connectivity index is 1.74. The highest BCUT2D eigenvalue weighted by Crippen LogP contribution is 2.25. The molecule has 0 bridgehead atoms. The Hall–Kier alpha value is -2.17. The summed E-state index contributed by atoms with van der Waals surface area (Å²) in [7, 11) is 0. The van der Waals surface area contributed by atoms with Gasteiger partial charge in [0.2, 0.25) is 5.91 Å². The summed E-state index contributed by atoms with van der Waals surface area (Å²) < 4.78 is 0. The summed E-state index contributed by atoms with van der Waals surface area (Å²) in [6, 6.07) is 18.8. The van der Waals surface area contributed by atoms with Crippen molar-refractivity contribution in [3.8, 4) is 0 Å². The minimum absolute atomic E-state index is 0.111. The number of rotatable bonds is 5. The molecule has 2 N–H and O–H groups in total. The molecule has 2 aromatic rings. The van der Waals surface area contributed by atoms with Gasteiger partial charge < -0.3 is 10.0 Å². The Labute approximate surface area is 143 Å². The second-order valence-corrected chi connectivity index (χ2v) is 6.49. The van der Waals surface area contributed by atoms with E-state index in [1.54, 1.807) is 4.90 Å². The van der Waals surface area contributed by atoms with Crippen molar-refractivity contribution in [3.63, 3.8) is 0 Å². The zero-order valence-corrected chi connectivity index (χ0v) is 13.9. The lowest BCUT2D eigenvalue weighted by atomic mass is 9.89. The molecule has 3 atom stereocenters. The number of nitrogens with zero attached hydrogens (tertiary/aromatic N) is 1. The maximum Gasteiger partial charge on any atom is 0.244 e. The molecule has 1 saturated heterocycles. The maximum atomic E-state index is 12.8. The molecule has 0 spiro atoms. The molecular weight excluding hydrogens is 300 g/mol. The standard InChI is InChI=1S/C20H23N2O2/c1-15-21-18(20(2,24)13-16-9-5-3-6-10-16)19(23)22(15)14-17-11-7-4-8-12-17/h3-12,15,18,21,24H,2,13-14H2,1H3. The van der Waals surface area contributed by atoms with Crippen molar-refractivity contribution in [2.75, 3.05) is 0 Å². The van der Waals surface area contributed by atoms with E-state index in [1.807, 2.05) is 67.6 Å². The largest absolute Gasteiger partial charge is 0.387 e. The number of aliphatic hydroxyl groups is 1. The van der Waals surface area contributed by atoms with Crippen LogP contribution in [0.5, 0.6) is 0 Å². The Kier molecular flexibility index (Phi) is 4.69. The first-order chi connectivity index (χ1) is 11.5. The van der Waals surface area contributed by atoms with Gasteiger partial charge in [-0.05, 0) is 25.0 Å². The molecule has 1 heterocycles. The number of carbonyl (C=O) groups excluding carboxylic acids is 1. The van der Waals surface area contributed by atoms with Crippen LogP contribution < -0.4 is 5.32 Å². The van der Waals surface area contributed by atoms with E-state index in [0.29, 0.717) is 13.0 Å². The predicted molar refractivity (Wildman–Crippen MR) is 93.8 cm³/mol. The van der Waals surface area contributed by atoms with Gasteiger partial charge >= 0.3 is 0 Å². The molecule has 1 aliphatic heterocycles. The summed E-state index contributed by atoms with van der Waals surface area (Å²) in [5, 5.41) is 14.0. The van der Waals surface area contributed by atoms with Gasteiger partial charge in [0.15, 0.2) is 0 Å². The summed E-state index contributed by atoms with van der Waals surface area (Å²) in [6.07, 6.45) is 0.176. The highest BCUT2D eigenvalue weighted by Gasteiger charge is 2.46. The molecule has 0 saturated carbocycles. The Morgan fingerprint density at radius 3 is 2.21 bits per heavy atom. The number of hydrogen-bond donors (Lipinski definition) is 2. The monoisotopic (exact) mass is 323 g/mol. The van der Waals surface area contributed by atoms with Gasteiger partial charge in [-0.1, -0.05) is 60.7 Å². The van der Waals surface area contributed by atoms with Gasteiger partial charge in [-0.3, -0.25) is 10.1 Å². The Morgan fingerprint density at radius 2 is 1.62 bits per heavy atom. The molecule has 4 nitrogen and oxygen atoms in total. The second kappa shape index (κ2) is 6.75. The van der Waals surface area contributed by atoms with Crippen LogP contribution in [0.3, 0.4) is 0 Å². The lowest BCUT2D eigenvalue weighted by Gasteiger charge is -2.28. The molecule has 1 aliphatic rings. The lowest BCUT2D eigenvalue weighted by molar-refractivity contribution is -0.134. The minimum atomic E-state index is -1.39. The van der Waals surface area contributed by atoms with Crippen LogP contribution in [-0.4, -0.2) is 33.7 Å². The molecule has 24 heavy (non-hydrogen) atoms. The van der Waals surface area contributed by atoms with Crippen molar-refractivity contribution in [3.05, 3.63) is 78.7 Å². The number of hydrogen-bond acceptors (Lipinski definition) is 3. The van der Waals surface area contributed by atoms with E-state index in [9.17, 15) is 9.90 Å². The molecule has 0 aromatic heterocycles. The normalized spacial score (nSPS) is 23.3. The van der Waals surface area contributed by atoms with Crippen LogP contribution in [0.4, 0.5) is 0 Å². The van der Waals surface area contributed by atoms with Crippen molar-refractivity contribution < 1.29 is 9.90 Å². The Bertz CT molecular complexity index is 685. The summed E-state index contributed by atoms with van der Waals surface area (Å²) in [4.78, 5) is 14.6. The van der Waals surface area contributed by atoms with E-state index in [0.717, 1.165) is 11.1 Å². The van der Waals surface area contributed by atoms with Crippen molar-refractivity contribution in [1.82, 2.24) is 10.2 Å². The number of nitrogens with one attached hydrogen (secondary N) is 1. The predicted octanol–water partition coefficient (Wildman–Crippen LogP) is 2.14. The third-order valence-electron chi connectivity index (χ3n) is 4.49. The first-order valence-electron chi connectivity index (χ1n) is 8.19. The molecular formula is C20H23N2O2. The van der Waals surface area contributed by atoms with Crippen LogP contribution >= 0.6 is 0 Å². The van der Waals surface area contributed by atoms with Crippen LogP contribution in [0.2, 0.25) is 0 Å². The molecule has 125 valence electrons. The zero-order chi connectivity index (χ0) is 17.2. The molecule has 1 amide bonds. The lowest BCUT2D eigenvalue weighted by Crippen LogP contribution is -2.52. The van der Waals surface area contributed by atoms with Crippen molar-refractivity contribution >= 4 is 5.91 Å². The highest BCUT2D eigenvalue weighted by atomic mass is 16.3. The van der Waals surface area contributed by atoms with Gasteiger partial charge in [-0.15, -0.1) is 0 Å². The maximum absolute atomic E-state index is 12.8. The summed E-state index contributed by atoms with van der Waals surface area (Å²) in [6.45, 7) is 6.37. The van der Waals surface area contributed by atoms with Gasteiger partial charge in [0.25, 0.3) is 0 Å². The van der Waals surface area contributed by atoms with Crippen LogP contribution in [-0.2, 0) is 17.8 Å². The fourth-order valence-corrected chi connectivity index (χ4v) is 3.19. The van der Waals surface area contributed by atoms with E-state index >= 15 is 0 Å². The SMILES string of the molecule is [CH2]C(O)(Cc1ccccc1)C1NC(C)N(Cc2ccccc2)C1=O. The van der Waals surface area contributed by atoms with E-state index in [1.165, 1.54) is 0 Å². The zero-order valence-electron chi connectivity index (χ0n) is 13.9. The van der Waals surface area contributed by atoms with Crippen LogP contribution in [0.1, 0.15) is 18.1 Å². The van der Waals surface area contributed by atoms with Crippen LogP contribution in [0.25, 0.3) is 0 Å². The third-order valence-corrected chi connectivity index (χ3v) is 4.49. The van der Waals surface area contributed by atoms with Crippen LogP contribution in [0, 0.1) is 6.92 Å². The Morgan fingerprint density at radius 1 is 1.08 bits per heavy atom. The average Bonchev–Trinajstić information content (AvgIpc) is 2.85. The van der Waals surface area contributed by atoms with Crippen molar-refractivity contribution in [1.29, 1.82) is 0 Å². The topological polar surface area (TPSA) is 52.6 Å². The number of amides is 1. The molecule has 3 rings (SSSR count). The summed E-state index contributed by atoms with van der Waals surface area (Å²) >= 11 is 0. The molecule has 1 fully saturated rings. The second-order valence-electron chi connectivity index (χ2n) is 6.49. The van der Waals surface area contributed by atoms with E-state index in [-0.39, 0.29) is 12.1 Å². The van der Waals surface area contributed by atoms with Gasteiger partial charge in [0, 0.05) is 13.0 Å². The van der Waals surface area contributed by atoms with E-state index < -0.39 is 11.6 Å². The number of carbonyl (C=O) groups is 1. The van der Waals surface area contributed by atoms with Crippen LogP contribution in [0.15, 0.2) is 60.7 Å². The quantitative estimate of drug-likeness (QED) is 0.886. The third kappa shape index (κ3) is 3.50. The van der Waals surface area contributed by atoms with Crippen molar-refractivity contribution in [2.24, 2.45) is 0 Å². The molecule has 1 radical (unpaired) electrons.